The summed E-state index contributed by atoms with van der Waals surface area (Å²) < 4.78 is 0. The third-order valence-corrected chi connectivity index (χ3v) is 16.8. The maximum absolute atomic E-state index is 4.79. The van der Waals surface area contributed by atoms with E-state index in [1.807, 2.05) is 24.5 Å². The summed E-state index contributed by atoms with van der Waals surface area (Å²) >= 11 is 0. The summed E-state index contributed by atoms with van der Waals surface area (Å²) in [4.78, 5) is 14.1. The minimum absolute atomic E-state index is 0.153. The van der Waals surface area contributed by atoms with E-state index >= 15 is 0 Å². The van der Waals surface area contributed by atoms with Crippen LogP contribution in [0.5, 0.6) is 0 Å². The number of anilines is 6. The van der Waals surface area contributed by atoms with E-state index in [-0.39, 0.29) is 16.2 Å². The Labute approximate surface area is 454 Å². The van der Waals surface area contributed by atoms with Crippen molar-refractivity contribution in [1.82, 2.24) is 9.97 Å². The molecule has 0 saturated carbocycles. The number of hydrogen-bond acceptors (Lipinski definition) is 4. The SMILES string of the molecule is Cc1cccc(N(c2ccc3c(c2)C(C)(C)c2cc(C=Cc4ccc5c(c4)C(C)(C)c4cc(C=Cc6ccc7c(c6)C(C)(C)c6cc(N(c8cccc(C)c8)c8ccccn8)ccc6-7)ccc4-5)ccc2-3)c2ccccn2)c1. The molecule has 3 aliphatic carbocycles. The van der Waals surface area contributed by atoms with E-state index in [1.54, 1.807) is 0 Å². The average molecular weight is 995 g/mol. The Bertz CT molecular complexity index is 3780. The highest BCUT2D eigenvalue weighted by atomic mass is 15.2. The van der Waals surface area contributed by atoms with Crippen LogP contribution in [-0.2, 0) is 16.2 Å². The largest absolute Gasteiger partial charge is 0.295 e. The second kappa shape index (κ2) is 18.2. The van der Waals surface area contributed by atoms with Crippen LogP contribution >= 0.6 is 0 Å². The molecule has 0 radical (unpaired) electrons. The number of nitrogens with zero attached hydrogens (tertiary/aromatic N) is 4. The standard InChI is InChI=1S/C73H62N4/c1-47-15-13-17-53(39-47)76(69-19-9-11-37-74-69)55-29-35-61-59-33-27-51(43-65(59)72(5,6)67(61)45-55)23-21-49-25-31-57-58-32-26-50(42-64(58)71(3,4)63(57)41-49)22-24-52-28-34-60-62-36-30-56(46-68(62)73(7,8)66(60)44-52)77(70-20-10-12-38-75-70)54-18-14-16-48(2)40-54/h9-46H,1-8H3. The lowest BCUT2D eigenvalue weighted by Crippen LogP contribution is -2.17. The molecule has 4 nitrogen and oxygen atoms in total. The van der Waals surface area contributed by atoms with Gasteiger partial charge in [-0.15, -0.1) is 0 Å². The van der Waals surface area contributed by atoms with Crippen LogP contribution in [0.25, 0.3) is 57.7 Å². The maximum Gasteiger partial charge on any atom is 0.137 e. The molecule has 0 spiro atoms. The summed E-state index contributed by atoms with van der Waals surface area (Å²) in [5.41, 5.74) is 27.1. The number of rotatable bonds is 10. The summed E-state index contributed by atoms with van der Waals surface area (Å²) in [6.07, 6.45) is 12.9. The van der Waals surface area contributed by atoms with Crippen LogP contribution < -0.4 is 9.80 Å². The molecule has 3 aliphatic rings. The second-order valence-electron chi connectivity index (χ2n) is 22.9. The molecule has 0 unspecified atom stereocenters. The van der Waals surface area contributed by atoms with Gasteiger partial charge in [0.05, 0.1) is 0 Å². The number of fused-ring (bicyclic) bond motifs is 9. The predicted octanol–water partition coefficient (Wildman–Crippen LogP) is 19.3. The molecule has 0 bridgehead atoms. The number of aromatic nitrogens is 2. The van der Waals surface area contributed by atoms with E-state index in [2.05, 4.69) is 271 Å². The Morgan fingerprint density at radius 1 is 0.299 bits per heavy atom. The zero-order valence-corrected chi connectivity index (χ0v) is 45.2. The highest BCUT2D eigenvalue weighted by Gasteiger charge is 2.39. The van der Waals surface area contributed by atoms with Gasteiger partial charge in [0, 0.05) is 51.4 Å². The zero-order chi connectivity index (χ0) is 52.8. The fraction of sp³-hybridized carbons (Fsp3) is 0.151. The highest BCUT2D eigenvalue weighted by molar-refractivity contribution is 5.90. The molecule has 0 atom stereocenters. The topological polar surface area (TPSA) is 32.3 Å². The van der Waals surface area contributed by atoms with Crippen LogP contribution in [0.15, 0.2) is 207 Å². The highest BCUT2D eigenvalue weighted by Crippen LogP contribution is 2.54. The van der Waals surface area contributed by atoms with Gasteiger partial charge in [-0.25, -0.2) is 9.97 Å². The van der Waals surface area contributed by atoms with Gasteiger partial charge in [0.15, 0.2) is 0 Å². The van der Waals surface area contributed by atoms with E-state index in [0.29, 0.717) is 0 Å². The Balaban J connectivity index is 0.732. The minimum Gasteiger partial charge on any atom is -0.295 e. The van der Waals surface area contributed by atoms with Crippen molar-refractivity contribution in [2.75, 3.05) is 9.80 Å². The number of pyridine rings is 2. The first-order chi connectivity index (χ1) is 37.2. The molecule has 10 aromatic rings. The average Bonchev–Trinajstić information content (AvgIpc) is 4.16. The molecule has 0 aliphatic heterocycles. The molecule has 0 N–H and O–H groups in total. The Morgan fingerprint density at radius 3 is 0.896 bits per heavy atom. The van der Waals surface area contributed by atoms with Crippen LogP contribution in [0.4, 0.5) is 34.4 Å². The van der Waals surface area contributed by atoms with Crippen LogP contribution in [0.3, 0.4) is 0 Å². The van der Waals surface area contributed by atoms with E-state index in [1.165, 1.54) is 100 Å². The Kier molecular flexibility index (Phi) is 11.3. The second-order valence-corrected chi connectivity index (χ2v) is 22.9. The fourth-order valence-electron chi connectivity index (χ4n) is 12.7. The van der Waals surface area contributed by atoms with Gasteiger partial charge in [0.2, 0.25) is 0 Å². The van der Waals surface area contributed by atoms with E-state index in [4.69, 9.17) is 9.97 Å². The van der Waals surface area contributed by atoms with E-state index < -0.39 is 0 Å². The molecule has 4 heteroatoms. The van der Waals surface area contributed by atoms with Crippen molar-refractivity contribution in [1.29, 1.82) is 0 Å². The van der Waals surface area contributed by atoms with Crippen molar-refractivity contribution in [3.63, 3.8) is 0 Å². The fourth-order valence-corrected chi connectivity index (χ4v) is 12.7. The van der Waals surface area contributed by atoms with Crippen molar-refractivity contribution in [2.45, 2.75) is 71.6 Å². The summed E-state index contributed by atoms with van der Waals surface area (Å²) in [5.74, 6) is 1.80. The maximum atomic E-state index is 4.79. The molecule has 8 aromatic carbocycles. The molecule has 0 fully saturated rings. The van der Waals surface area contributed by atoms with Crippen molar-refractivity contribution < 1.29 is 0 Å². The van der Waals surface area contributed by atoms with Gasteiger partial charge in [-0.1, -0.05) is 187 Å². The predicted molar refractivity (Wildman–Crippen MR) is 324 cm³/mol. The van der Waals surface area contributed by atoms with E-state index in [9.17, 15) is 0 Å². The first-order valence-electron chi connectivity index (χ1n) is 27.0. The molecular formula is C73H62N4. The van der Waals surface area contributed by atoms with Crippen molar-refractivity contribution in [3.8, 4) is 33.4 Å². The quantitative estimate of drug-likeness (QED) is 0.128. The number of benzene rings is 8. The van der Waals surface area contributed by atoms with Crippen LogP contribution in [-0.4, -0.2) is 9.97 Å². The molecule has 0 saturated heterocycles. The Hall–Kier alpha value is -8.86. The molecule has 2 heterocycles. The molecule has 77 heavy (non-hydrogen) atoms. The van der Waals surface area contributed by atoms with Crippen molar-refractivity contribution in [2.24, 2.45) is 0 Å². The van der Waals surface area contributed by atoms with Gasteiger partial charge < -0.3 is 0 Å². The van der Waals surface area contributed by atoms with Crippen molar-refractivity contribution in [3.05, 3.63) is 273 Å². The van der Waals surface area contributed by atoms with Gasteiger partial charge >= 0.3 is 0 Å². The normalized spacial score (nSPS) is 14.7. The minimum atomic E-state index is -0.187. The lowest BCUT2D eigenvalue weighted by molar-refractivity contribution is 0.660. The summed E-state index contributed by atoms with van der Waals surface area (Å²) in [7, 11) is 0. The van der Waals surface area contributed by atoms with Gasteiger partial charge in [0.1, 0.15) is 11.6 Å². The monoisotopic (exact) mass is 994 g/mol. The third-order valence-electron chi connectivity index (χ3n) is 16.8. The smallest absolute Gasteiger partial charge is 0.137 e. The van der Waals surface area contributed by atoms with Crippen LogP contribution in [0.2, 0.25) is 0 Å². The first kappa shape index (κ1) is 47.8. The summed E-state index contributed by atoms with van der Waals surface area (Å²) in [6, 6.07) is 71.4. The summed E-state index contributed by atoms with van der Waals surface area (Å²) in [5, 5.41) is 0. The third kappa shape index (κ3) is 8.13. The lowest BCUT2D eigenvalue weighted by atomic mass is 9.81. The van der Waals surface area contributed by atoms with Gasteiger partial charge in [-0.3, -0.25) is 9.80 Å². The number of hydrogen-bond donors (Lipinski definition) is 0. The molecule has 0 amide bonds. The summed E-state index contributed by atoms with van der Waals surface area (Å²) in [6.45, 7) is 18.5. The van der Waals surface area contributed by atoms with E-state index in [0.717, 1.165) is 34.4 Å². The van der Waals surface area contributed by atoms with Gasteiger partial charge in [-0.05, 0) is 187 Å². The lowest BCUT2D eigenvalue weighted by Gasteiger charge is -2.27. The molecule has 13 rings (SSSR count). The zero-order valence-electron chi connectivity index (χ0n) is 45.2. The Morgan fingerprint density at radius 2 is 0.597 bits per heavy atom. The van der Waals surface area contributed by atoms with Gasteiger partial charge in [-0.2, -0.15) is 0 Å². The number of aryl methyl sites for hydroxylation is 2. The van der Waals surface area contributed by atoms with Gasteiger partial charge in [0.25, 0.3) is 0 Å². The van der Waals surface area contributed by atoms with Crippen LogP contribution in [0, 0.1) is 13.8 Å². The molecular weight excluding hydrogens is 933 g/mol. The molecule has 2 aromatic heterocycles. The molecule has 374 valence electrons. The van der Waals surface area contributed by atoms with Crippen LogP contribution in [0.1, 0.15) is 108 Å². The first-order valence-corrected chi connectivity index (χ1v) is 27.0. The van der Waals surface area contributed by atoms with Crippen molar-refractivity contribution >= 4 is 58.7 Å².